The summed E-state index contributed by atoms with van der Waals surface area (Å²) in [6.45, 7) is 0.689. The fourth-order valence-corrected chi connectivity index (χ4v) is 4.24. The number of amides is 2. The molecule has 2 aromatic heterocycles. The van der Waals surface area contributed by atoms with Crippen molar-refractivity contribution in [3.8, 4) is 11.4 Å². The van der Waals surface area contributed by atoms with E-state index in [0.29, 0.717) is 34.6 Å². The van der Waals surface area contributed by atoms with E-state index in [4.69, 9.17) is 0 Å². The van der Waals surface area contributed by atoms with Crippen molar-refractivity contribution in [2.45, 2.75) is 24.8 Å². The summed E-state index contributed by atoms with van der Waals surface area (Å²) in [6, 6.07) is 6.70. The Bertz CT molecular complexity index is 1270. The number of halogens is 3. The van der Waals surface area contributed by atoms with Crippen LogP contribution in [0.15, 0.2) is 36.5 Å². The SMILES string of the molecule is O=C(O)N1CC(c2nn(-c3ccc(OC(F)(F)F)cc3)c3nccc(N4CCC(O)C4=O)c23)C1. The number of likely N-dealkylation sites (tertiary alicyclic amines) is 1. The second kappa shape index (κ2) is 7.87. The molecule has 2 amide bonds. The third-order valence-corrected chi connectivity index (χ3v) is 5.90. The van der Waals surface area contributed by atoms with E-state index in [-0.39, 0.29) is 25.4 Å². The molecule has 1 aromatic carbocycles. The Balaban J connectivity index is 1.60. The van der Waals surface area contributed by atoms with E-state index in [9.17, 15) is 33.0 Å². The molecule has 0 aliphatic carbocycles. The molecule has 0 bridgehead atoms. The third-order valence-electron chi connectivity index (χ3n) is 5.90. The summed E-state index contributed by atoms with van der Waals surface area (Å²) in [5, 5.41) is 24.3. The van der Waals surface area contributed by atoms with Crippen LogP contribution in [0, 0.1) is 0 Å². The summed E-state index contributed by atoms with van der Waals surface area (Å²) in [7, 11) is 0. The van der Waals surface area contributed by atoms with Gasteiger partial charge in [0.2, 0.25) is 0 Å². The van der Waals surface area contributed by atoms with Crippen LogP contribution in [0.25, 0.3) is 16.7 Å². The van der Waals surface area contributed by atoms with Gasteiger partial charge in [0, 0.05) is 38.2 Å². The number of fused-ring (bicyclic) bond motifs is 1. The molecule has 5 rings (SSSR count). The molecule has 1 unspecified atom stereocenters. The van der Waals surface area contributed by atoms with Crippen molar-refractivity contribution < 1.29 is 37.7 Å². The average Bonchev–Trinajstić information content (AvgIpc) is 3.27. The first-order valence-corrected chi connectivity index (χ1v) is 10.3. The molecule has 178 valence electrons. The summed E-state index contributed by atoms with van der Waals surface area (Å²) in [6.07, 6.45) is -5.26. The summed E-state index contributed by atoms with van der Waals surface area (Å²) in [4.78, 5) is 30.8. The minimum absolute atomic E-state index is 0.199. The van der Waals surface area contributed by atoms with Crippen LogP contribution in [0.4, 0.5) is 23.7 Å². The number of anilines is 1. The minimum Gasteiger partial charge on any atom is -0.465 e. The van der Waals surface area contributed by atoms with E-state index in [0.717, 1.165) is 12.1 Å². The van der Waals surface area contributed by atoms with Gasteiger partial charge in [0.15, 0.2) is 5.65 Å². The zero-order valence-electron chi connectivity index (χ0n) is 17.4. The first kappa shape index (κ1) is 21.9. The first-order chi connectivity index (χ1) is 16.1. The first-order valence-electron chi connectivity index (χ1n) is 10.3. The van der Waals surface area contributed by atoms with Gasteiger partial charge in [0.05, 0.1) is 22.5 Å². The number of aliphatic hydroxyl groups excluding tert-OH is 1. The van der Waals surface area contributed by atoms with Gasteiger partial charge in [-0.2, -0.15) is 5.10 Å². The van der Waals surface area contributed by atoms with Gasteiger partial charge < -0.3 is 24.7 Å². The normalized spacial score (nSPS) is 19.1. The Morgan fingerprint density at radius 1 is 1.15 bits per heavy atom. The summed E-state index contributed by atoms with van der Waals surface area (Å²) in [5.41, 5.74) is 1.75. The van der Waals surface area contributed by atoms with E-state index in [1.165, 1.54) is 32.8 Å². The molecule has 10 nitrogen and oxygen atoms in total. The number of nitrogens with zero attached hydrogens (tertiary/aromatic N) is 5. The molecule has 13 heteroatoms. The number of alkyl halides is 3. The predicted molar refractivity (Wildman–Crippen MR) is 111 cm³/mol. The summed E-state index contributed by atoms with van der Waals surface area (Å²) in [5.74, 6) is -1.12. The Kier molecular flexibility index (Phi) is 5.08. The molecule has 3 aromatic rings. The Morgan fingerprint density at radius 3 is 2.44 bits per heavy atom. The lowest BCUT2D eigenvalue weighted by Gasteiger charge is -2.36. The second-order valence-corrected chi connectivity index (χ2v) is 8.05. The van der Waals surface area contributed by atoms with Crippen LogP contribution in [0.1, 0.15) is 18.0 Å². The predicted octanol–water partition coefficient (Wildman–Crippen LogP) is 2.49. The highest BCUT2D eigenvalue weighted by Crippen LogP contribution is 2.38. The van der Waals surface area contributed by atoms with Crippen LogP contribution in [0.3, 0.4) is 0 Å². The fourth-order valence-electron chi connectivity index (χ4n) is 4.24. The highest BCUT2D eigenvalue weighted by Gasteiger charge is 2.38. The molecule has 2 saturated heterocycles. The van der Waals surface area contributed by atoms with E-state index < -0.39 is 30.2 Å². The topological polar surface area (TPSA) is 121 Å². The monoisotopic (exact) mass is 477 g/mol. The van der Waals surface area contributed by atoms with Gasteiger partial charge in [-0.05, 0) is 30.3 Å². The van der Waals surface area contributed by atoms with Gasteiger partial charge in [-0.1, -0.05) is 0 Å². The molecule has 0 saturated carbocycles. The van der Waals surface area contributed by atoms with Gasteiger partial charge in [-0.25, -0.2) is 14.5 Å². The number of hydrogen-bond acceptors (Lipinski definition) is 6. The van der Waals surface area contributed by atoms with Gasteiger partial charge in [0.1, 0.15) is 11.9 Å². The van der Waals surface area contributed by atoms with Crippen LogP contribution in [0.2, 0.25) is 0 Å². The Labute approximate surface area is 189 Å². The van der Waals surface area contributed by atoms with Gasteiger partial charge >= 0.3 is 12.5 Å². The van der Waals surface area contributed by atoms with Crippen LogP contribution in [0.5, 0.6) is 5.75 Å². The Hall–Kier alpha value is -3.87. The number of carbonyl (C=O) groups is 2. The number of rotatable bonds is 4. The number of carboxylic acid groups (broad SMARTS) is 1. The van der Waals surface area contributed by atoms with E-state index in [1.807, 2.05) is 0 Å². The lowest BCUT2D eigenvalue weighted by atomic mass is 9.94. The number of aliphatic hydroxyl groups is 1. The van der Waals surface area contributed by atoms with Crippen molar-refractivity contribution in [1.82, 2.24) is 19.7 Å². The molecular formula is C21H18F3N5O5. The number of carbonyl (C=O) groups excluding carboxylic acids is 1. The van der Waals surface area contributed by atoms with Crippen molar-refractivity contribution in [2.75, 3.05) is 24.5 Å². The van der Waals surface area contributed by atoms with Crippen LogP contribution in [-0.4, -0.2) is 74.0 Å². The van der Waals surface area contributed by atoms with E-state index >= 15 is 0 Å². The Morgan fingerprint density at radius 2 is 1.85 bits per heavy atom. The fraction of sp³-hybridized carbons (Fsp3) is 0.333. The second-order valence-electron chi connectivity index (χ2n) is 8.05. The van der Waals surface area contributed by atoms with Crippen LogP contribution < -0.4 is 9.64 Å². The van der Waals surface area contributed by atoms with E-state index in [2.05, 4.69) is 14.8 Å². The zero-order valence-corrected chi connectivity index (χ0v) is 17.4. The number of hydrogen-bond donors (Lipinski definition) is 2. The van der Waals surface area contributed by atoms with Gasteiger partial charge in [0.25, 0.3) is 5.91 Å². The van der Waals surface area contributed by atoms with Crippen molar-refractivity contribution >= 4 is 28.7 Å². The standard InChI is InChI=1S/C21H18F3N5O5/c22-21(23,24)34-13-3-1-12(2-4-13)29-18-16(17(26-29)11-9-27(10-11)20(32)33)14(5-7-25-18)28-8-6-15(30)19(28)31/h1-5,7,11,15,30H,6,8-10H2,(H,32,33). The largest absolute Gasteiger partial charge is 0.573 e. The lowest BCUT2D eigenvalue weighted by Crippen LogP contribution is -2.48. The number of ether oxygens (including phenoxy) is 1. The lowest BCUT2D eigenvalue weighted by molar-refractivity contribution is -0.274. The molecule has 0 spiro atoms. The average molecular weight is 477 g/mol. The van der Waals surface area contributed by atoms with Crippen molar-refractivity contribution in [3.63, 3.8) is 0 Å². The van der Waals surface area contributed by atoms with Crippen molar-refractivity contribution in [2.24, 2.45) is 0 Å². The maximum Gasteiger partial charge on any atom is 0.573 e. The highest BCUT2D eigenvalue weighted by atomic mass is 19.4. The summed E-state index contributed by atoms with van der Waals surface area (Å²) >= 11 is 0. The van der Waals surface area contributed by atoms with E-state index in [1.54, 1.807) is 6.07 Å². The van der Waals surface area contributed by atoms with Crippen molar-refractivity contribution in [3.05, 3.63) is 42.2 Å². The molecule has 2 aliphatic heterocycles. The maximum atomic E-state index is 12.5. The van der Waals surface area contributed by atoms with Crippen LogP contribution in [-0.2, 0) is 4.79 Å². The minimum atomic E-state index is -4.82. The summed E-state index contributed by atoms with van der Waals surface area (Å²) < 4.78 is 42.9. The number of aromatic nitrogens is 3. The molecule has 4 heterocycles. The third kappa shape index (κ3) is 3.77. The zero-order chi connectivity index (χ0) is 24.2. The molecule has 1 atom stereocenters. The van der Waals surface area contributed by atoms with Gasteiger partial charge in [-0.3, -0.25) is 4.79 Å². The van der Waals surface area contributed by atoms with Gasteiger partial charge in [-0.15, -0.1) is 13.2 Å². The smallest absolute Gasteiger partial charge is 0.465 e. The number of benzene rings is 1. The van der Waals surface area contributed by atoms with Crippen LogP contribution >= 0.6 is 0 Å². The number of pyridine rings is 1. The molecule has 0 radical (unpaired) electrons. The molecular weight excluding hydrogens is 459 g/mol. The molecule has 34 heavy (non-hydrogen) atoms. The quantitative estimate of drug-likeness (QED) is 0.592. The highest BCUT2D eigenvalue weighted by molar-refractivity contribution is 6.06. The molecule has 2 N–H and O–H groups in total. The maximum absolute atomic E-state index is 12.5. The van der Waals surface area contributed by atoms with Crippen molar-refractivity contribution in [1.29, 1.82) is 0 Å². The molecule has 2 aliphatic rings. The molecule has 2 fully saturated rings.